The fourth-order valence-corrected chi connectivity index (χ4v) is 5.81. The number of amides is 1. The number of phenolic OH excluding ortho intramolecular Hbond substituents is 1. The van der Waals surface area contributed by atoms with Crippen molar-refractivity contribution in [3.8, 4) is 5.75 Å². The van der Waals surface area contributed by atoms with Gasteiger partial charge in [-0.15, -0.1) is 0 Å². The standard InChI is InChI=1S/C33H39NO2/c1-7-8-9-25-19-29-30(33(5,6)21-32(29,3)4)20-28(25)22(2)18-23-10-12-24(13-11-23)31(36)34-26-14-16-27(35)17-15-26/h10-20,35H,7-9,21H2,1-6H3,(H,34,36). The van der Waals surface area contributed by atoms with Crippen LogP contribution in [0, 0.1) is 0 Å². The molecule has 0 atom stereocenters. The highest BCUT2D eigenvalue weighted by molar-refractivity contribution is 6.04. The van der Waals surface area contributed by atoms with Crippen LogP contribution >= 0.6 is 0 Å². The number of benzene rings is 3. The Morgan fingerprint density at radius 2 is 1.56 bits per heavy atom. The number of hydrogen-bond acceptors (Lipinski definition) is 2. The van der Waals surface area contributed by atoms with Crippen LogP contribution in [-0.2, 0) is 17.3 Å². The third-order valence-electron chi connectivity index (χ3n) is 7.49. The number of aryl methyl sites for hydroxylation is 1. The van der Waals surface area contributed by atoms with Crippen LogP contribution in [0.3, 0.4) is 0 Å². The maximum Gasteiger partial charge on any atom is 0.255 e. The van der Waals surface area contributed by atoms with Crippen molar-refractivity contribution < 1.29 is 9.90 Å². The molecule has 3 aromatic carbocycles. The van der Waals surface area contributed by atoms with Crippen molar-refractivity contribution >= 4 is 23.2 Å². The van der Waals surface area contributed by atoms with Gasteiger partial charge in [-0.05, 0) is 107 Å². The quantitative estimate of drug-likeness (QED) is 0.262. The molecule has 3 heteroatoms. The highest BCUT2D eigenvalue weighted by Crippen LogP contribution is 2.50. The largest absolute Gasteiger partial charge is 0.508 e. The Balaban J connectivity index is 1.61. The van der Waals surface area contributed by atoms with Gasteiger partial charge in [0, 0.05) is 11.3 Å². The highest BCUT2D eigenvalue weighted by Gasteiger charge is 2.42. The van der Waals surface area contributed by atoms with Gasteiger partial charge in [0.15, 0.2) is 0 Å². The van der Waals surface area contributed by atoms with E-state index in [0.717, 1.165) is 12.0 Å². The van der Waals surface area contributed by atoms with Crippen molar-refractivity contribution in [3.05, 3.63) is 94.0 Å². The molecule has 3 aromatic rings. The molecule has 0 radical (unpaired) electrons. The zero-order chi connectivity index (χ0) is 26.1. The number of fused-ring (bicyclic) bond motifs is 1. The van der Waals surface area contributed by atoms with Crippen molar-refractivity contribution in [2.75, 3.05) is 5.32 Å². The Bertz CT molecular complexity index is 1280. The molecule has 0 fully saturated rings. The molecule has 0 spiro atoms. The van der Waals surface area contributed by atoms with Gasteiger partial charge in [-0.25, -0.2) is 0 Å². The summed E-state index contributed by atoms with van der Waals surface area (Å²) in [4.78, 5) is 12.6. The zero-order valence-electron chi connectivity index (χ0n) is 22.5. The van der Waals surface area contributed by atoms with Gasteiger partial charge < -0.3 is 10.4 Å². The molecule has 0 saturated carbocycles. The number of rotatable bonds is 7. The molecule has 0 bridgehead atoms. The summed E-state index contributed by atoms with van der Waals surface area (Å²) < 4.78 is 0. The van der Waals surface area contributed by atoms with Crippen LogP contribution < -0.4 is 5.32 Å². The molecule has 0 saturated heterocycles. The van der Waals surface area contributed by atoms with Gasteiger partial charge in [0.05, 0.1) is 0 Å². The van der Waals surface area contributed by atoms with Crippen molar-refractivity contribution in [1.29, 1.82) is 0 Å². The van der Waals surface area contributed by atoms with Gasteiger partial charge in [0.2, 0.25) is 0 Å². The SMILES string of the molecule is CCCCc1cc2c(cc1C(C)=Cc1ccc(C(=O)Nc3ccc(O)cc3)cc1)C(C)(C)CC2(C)C. The van der Waals surface area contributed by atoms with E-state index in [4.69, 9.17) is 0 Å². The second-order valence-electron chi connectivity index (χ2n) is 11.6. The van der Waals surface area contributed by atoms with Gasteiger partial charge in [0.25, 0.3) is 5.91 Å². The average Bonchev–Trinajstić information content (AvgIpc) is 3.01. The van der Waals surface area contributed by atoms with E-state index >= 15 is 0 Å². The van der Waals surface area contributed by atoms with Gasteiger partial charge in [-0.1, -0.05) is 71.4 Å². The number of nitrogens with one attached hydrogen (secondary N) is 1. The van der Waals surface area contributed by atoms with Gasteiger partial charge in [-0.2, -0.15) is 0 Å². The van der Waals surface area contributed by atoms with Crippen molar-refractivity contribution in [2.45, 2.75) is 78.1 Å². The van der Waals surface area contributed by atoms with Gasteiger partial charge in [0.1, 0.15) is 5.75 Å². The van der Waals surface area contributed by atoms with Crippen molar-refractivity contribution in [2.24, 2.45) is 0 Å². The third-order valence-corrected chi connectivity index (χ3v) is 7.49. The van der Waals surface area contributed by atoms with Crippen LogP contribution in [0.2, 0.25) is 0 Å². The van der Waals surface area contributed by atoms with E-state index in [-0.39, 0.29) is 22.5 Å². The molecule has 0 heterocycles. The van der Waals surface area contributed by atoms with Crippen LogP contribution in [0.15, 0.2) is 60.7 Å². The first-order chi connectivity index (χ1) is 17.0. The van der Waals surface area contributed by atoms with E-state index in [0.29, 0.717) is 11.3 Å². The summed E-state index contributed by atoms with van der Waals surface area (Å²) in [6.07, 6.45) is 6.86. The van der Waals surface area contributed by atoms with Crippen molar-refractivity contribution in [1.82, 2.24) is 0 Å². The number of hydrogen-bond donors (Lipinski definition) is 2. The predicted molar refractivity (Wildman–Crippen MR) is 152 cm³/mol. The Kier molecular flexibility index (Phi) is 7.13. The van der Waals surface area contributed by atoms with Crippen LogP contribution in [0.4, 0.5) is 5.69 Å². The number of anilines is 1. The van der Waals surface area contributed by atoms with Crippen LogP contribution in [-0.4, -0.2) is 11.0 Å². The van der Waals surface area contributed by atoms with Crippen LogP contribution in [0.1, 0.15) is 99.0 Å². The first kappa shape index (κ1) is 25.8. The molecule has 1 aliphatic rings. The normalized spacial score (nSPS) is 16.0. The molecule has 2 N–H and O–H groups in total. The van der Waals surface area contributed by atoms with Gasteiger partial charge in [-0.3, -0.25) is 4.79 Å². The topological polar surface area (TPSA) is 49.3 Å². The number of allylic oxidation sites excluding steroid dienone is 1. The summed E-state index contributed by atoms with van der Waals surface area (Å²) in [6, 6.07) is 19.2. The van der Waals surface area contributed by atoms with Gasteiger partial charge >= 0.3 is 0 Å². The summed E-state index contributed by atoms with van der Waals surface area (Å²) in [5.74, 6) is 0.00580. The molecule has 3 nitrogen and oxygen atoms in total. The van der Waals surface area contributed by atoms with Crippen LogP contribution in [0.5, 0.6) is 5.75 Å². The van der Waals surface area contributed by atoms with E-state index in [1.807, 2.05) is 24.3 Å². The summed E-state index contributed by atoms with van der Waals surface area (Å²) in [7, 11) is 0. The lowest BCUT2D eigenvalue weighted by Crippen LogP contribution is -2.18. The fraction of sp³-hybridized carbons (Fsp3) is 0.364. The second kappa shape index (κ2) is 9.97. The molecule has 0 unspecified atom stereocenters. The number of aromatic hydroxyl groups is 1. The molecule has 4 rings (SSSR count). The molecule has 188 valence electrons. The first-order valence-electron chi connectivity index (χ1n) is 13.1. The molecular weight excluding hydrogens is 442 g/mol. The fourth-order valence-electron chi connectivity index (χ4n) is 5.81. The molecular formula is C33H39NO2. The molecule has 0 aliphatic heterocycles. The lowest BCUT2D eigenvalue weighted by molar-refractivity contribution is 0.102. The Morgan fingerprint density at radius 1 is 0.944 bits per heavy atom. The lowest BCUT2D eigenvalue weighted by atomic mass is 9.82. The summed E-state index contributed by atoms with van der Waals surface area (Å²) in [5, 5.41) is 12.3. The first-order valence-corrected chi connectivity index (χ1v) is 13.1. The minimum atomic E-state index is -0.168. The summed E-state index contributed by atoms with van der Waals surface area (Å²) >= 11 is 0. The molecule has 1 aliphatic carbocycles. The Morgan fingerprint density at radius 3 is 2.17 bits per heavy atom. The number of phenols is 1. The molecule has 0 aromatic heterocycles. The predicted octanol–water partition coefficient (Wildman–Crippen LogP) is 8.51. The minimum Gasteiger partial charge on any atom is -0.508 e. The maximum atomic E-state index is 12.6. The van der Waals surface area contributed by atoms with E-state index < -0.39 is 0 Å². The monoisotopic (exact) mass is 481 g/mol. The summed E-state index contributed by atoms with van der Waals surface area (Å²) in [6.45, 7) is 14.0. The van der Waals surface area contributed by atoms with Crippen molar-refractivity contribution in [3.63, 3.8) is 0 Å². The summed E-state index contributed by atoms with van der Waals surface area (Å²) in [5.41, 5.74) is 9.75. The maximum absolute atomic E-state index is 12.6. The Labute approximate surface area is 216 Å². The third kappa shape index (κ3) is 5.41. The number of unbranched alkanes of at least 4 members (excludes halogenated alkanes) is 1. The van der Waals surface area contributed by atoms with Crippen LogP contribution in [0.25, 0.3) is 11.6 Å². The average molecular weight is 482 g/mol. The molecule has 1 amide bonds. The van der Waals surface area contributed by atoms with E-state index in [2.05, 4.69) is 65.1 Å². The highest BCUT2D eigenvalue weighted by atomic mass is 16.3. The second-order valence-corrected chi connectivity index (χ2v) is 11.6. The number of carbonyl (C=O) groups excluding carboxylic acids is 1. The Hall–Kier alpha value is -3.33. The lowest BCUT2D eigenvalue weighted by Gasteiger charge is -2.22. The molecule has 36 heavy (non-hydrogen) atoms. The van der Waals surface area contributed by atoms with E-state index in [9.17, 15) is 9.90 Å². The smallest absolute Gasteiger partial charge is 0.255 e. The zero-order valence-corrected chi connectivity index (χ0v) is 22.5. The number of carbonyl (C=O) groups is 1. The van der Waals surface area contributed by atoms with E-state index in [1.165, 1.54) is 47.1 Å². The minimum absolute atomic E-state index is 0.168. The van der Waals surface area contributed by atoms with E-state index in [1.54, 1.807) is 24.3 Å².